The number of hydrogen-bond donors (Lipinski definition) is 0. The van der Waals surface area contributed by atoms with Gasteiger partial charge in [0.05, 0.1) is 0 Å². The van der Waals surface area contributed by atoms with E-state index in [9.17, 15) is 4.79 Å². The Labute approximate surface area is 118 Å². The van der Waals surface area contributed by atoms with Crippen LogP contribution >= 0.6 is 11.6 Å². The van der Waals surface area contributed by atoms with Crippen molar-refractivity contribution in [3.8, 4) is 0 Å². The Morgan fingerprint density at radius 1 is 1.05 bits per heavy atom. The first-order valence-corrected chi connectivity index (χ1v) is 7.11. The molecule has 2 nitrogen and oxygen atoms in total. The van der Waals surface area contributed by atoms with Gasteiger partial charge in [0, 0.05) is 13.1 Å². The molecule has 0 bridgehead atoms. The molecule has 0 radical (unpaired) electrons. The third-order valence-electron chi connectivity index (χ3n) is 3.70. The van der Waals surface area contributed by atoms with E-state index in [1.54, 1.807) is 0 Å². The summed E-state index contributed by atoms with van der Waals surface area (Å²) >= 11 is 6.35. The molecule has 1 fully saturated rings. The molecular formula is C16H16ClNO. The van der Waals surface area contributed by atoms with E-state index in [0.717, 1.165) is 36.9 Å². The van der Waals surface area contributed by atoms with Gasteiger partial charge in [-0.25, -0.2) is 0 Å². The van der Waals surface area contributed by atoms with E-state index < -0.39 is 5.38 Å². The molecule has 1 aliphatic heterocycles. The monoisotopic (exact) mass is 273 g/mol. The summed E-state index contributed by atoms with van der Waals surface area (Å²) in [6.45, 7) is 1.69. The number of likely N-dealkylation sites (tertiary alicyclic amines) is 1. The fourth-order valence-corrected chi connectivity index (χ4v) is 2.88. The van der Waals surface area contributed by atoms with Crippen molar-refractivity contribution in [2.24, 2.45) is 0 Å². The van der Waals surface area contributed by atoms with E-state index in [1.807, 2.05) is 41.3 Å². The van der Waals surface area contributed by atoms with Gasteiger partial charge in [-0.15, -0.1) is 11.6 Å². The van der Waals surface area contributed by atoms with Crippen LogP contribution in [0.3, 0.4) is 0 Å². The number of carbonyl (C=O) groups excluding carboxylic acids is 1. The predicted octanol–water partition coefficient (Wildman–Crippen LogP) is 3.74. The number of rotatable bonds is 2. The lowest BCUT2D eigenvalue weighted by atomic mass is 10.0. The van der Waals surface area contributed by atoms with Gasteiger partial charge in [0.25, 0.3) is 0 Å². The lowest BCUT2D eigenvalue weighted by Crippen LogP contribution is -2.30. The highest BCUT2D eigenvalue weighted by molar-refractivity contribution is 6.30. The fourth-order valence-electron chi connectivity index (χ4n) is 2.61. The van der Waals surface area contributed by atoms with Crippen molar-refractivity contribution in [1.29, 1.82) is 0 Å². The molecule has 3 rings (SSSR count). The zero-order valence-electron chi connectivity index (χ0n) is 10.7. The van der Waals surface area contributed by atoms with Gasteiger partial charge in [-0.1, -0.05) is 36.4 Å². The molecular weight excluding hydrogens is 258 g/mol. The Balaban J connectivity index is 1.88. The summed E-state index contributed by atoms with van der Waals surface area (Å²) in [4.78, 5) is 14.1. The van der Waals surface area contributed by atoms with Gasteiger partial charge < -0.3 is 4.90 Å². The summed E-state index contributed by atoms with van der Waals surface area (Å²) in [6.07, 6.45) is 2.18. The molecule has 0 aliphatic carbocycles. The highest BCUT2D eigenvalue weighted by atomic mass is 35.5. The van der Waals surface area contributed by atoms with Crippen molar-refractivity contribution >= 4 is 28.3 Å². The van der Waals surface area contributed by atoms with E-state index in [1.165, 1.54) is 5.39 Å². The van der Waals surface area contributed by atoms with E-state index in [0.29, 0.717) is 0 Å². The van der Waals surface area contributed by atoms with Crippen LogP contribution in [0.2, 0.25) is 0 Å². The van der Waals surface area contributed by atoms with E-state index >= 15 is 0 Å². The highest BCUT2D eigenvalue weighted by Gasteiger charge is 2.25. The van der Waals surface area contributed by atoms with Crippen LogP contribution in [-0.2, 0) is 4.79 Å². The minimum Gasteiger partial charge on any atom is -0.341 e. The summed E-state index contributed by atoms with van der Waals surface area (Å²) in [5.41, 5.74) is 0.886. The van der Waals surface area contributed by atoms with Gasteiger partial charge in [0.2, 0.25) is 5.91 Å². The molecule has 0 saturated carbocycles. The van der Waals surface area contributed by atoms with Gasteiger partial charge >= 0.3 is 0 Å². The number of fused-ring (bicyclic) bond motifs is 1. The minimum atomic E-state index is -0.567. The number of nitrogens with zero attached hydrogens (tertiary/aromatic N) is 1. The molecule has 1 saturated heterocycles. The molecule has 3 heteroatoms. The summed E-state index contributed by atoms with van der Waals surface area (Å²) in [7, 11) is 0. The normalized spacial score (nSPS) is 16.8. The molecule has 1 amide bonds. The zero-order valence-corrected chi connectivity index (χ0v) is 11.4. The molecule has 1 aliphatic rings. The lowest BCUT2D eigenvalue weighted by Gasteiger charge is -2.19. The van der Waals surface area contributed by atoms with Crippen LogP contribution in [0.25, 0.3) is 10.8 Å². The quantitative estimate of drug-likeness (QED) is 0.763. The summed E-state index contributed by atoms with van der Waals surface area (Å²) in [5.74, 6) is 0.0365. The maximum Gasteiger partial charge on any atom is 0.245 e. The molecule has 2 aromatic rings. The van der Waals surface area contributed by atoms with E-state index in [4.69, 9.17) is 11.6 Å². The Bertz CT molecular complexity index is 604. The topological polar surface area (TPSA) is 20.3 Å². The van der Waals surface area contributed by atoms with Crippen molar-refractivity contribution in [2.45, 2.75) is 18.2 Å². The molecule has 98 valence electrons. The predicted molar refractivity (Wildman–Crippen MR) is 78.4 cm³/mol. The van der Waals surface area contributed by atoms with Crippen LogP contribution < -0.4 is 0 Å². The third kappa shape index (κ3) is 2.45. The molecule has 19 heavy (non-hydrogen) atoms. The molecule has 2 aromatic carbocycles. The number of amides is 1. The number of carbonyl (C=O) groups is 1. The van der Waals surface area contributed by atoms with Crippen molar-refractivity contribution in [3.63, 3.8) is 0 Å². The Morgan fingerprint density at radius 2 is 1.74 bits per heavy atom. The summed E-state index contributed by atoms with van der Waals surface area (Å²) < 4.78 is 0. The van der Waals surface area contributed by atoms with Crippen LogP contribution in [-0.4, -0.2) is 23.9 Å². The number of hydrogen-bond acceptors (Lipinski definition) is 1. The first-order valence-electron chi connectivity index (χ1n) is 6.67. The van der Waals surface area contributed by atoms with Gasteiger partial charge in [0.1, 0.15) is 5.38 Å². The minimum absolute atomic E-state index is 0.0365. The summed E-state index contributed by atoms with van der Waals surface area (Å²) in [5, 5.41) is 1.73. The van der Waals surface area contributed by atoms with Crippen LogP contribution in [0.5, 0.6) is 0 Å². The third-order valence-corrected chi connectivity index (χ3v) is 4.14. The van der Waals surface area contributed by atoms with Crippen molar-refractivity contribution in [2.75, 3.05) is 13.1 Å². The zero-order chi connectivity index (χ0) is 13.2. The second-order valence-corrected chi connectivity index (χ2v) is 5.44. The van der Waals surface area contributed by atoms with Crippen molar-refractivity contribution in [1.82, 2.24) is 4.90 Å². The van der Waals surface area contributed by atoms with Crippen LogP contribution in [0.4, 0.5) is 0 Å². The highest BCUT2D eigenvalue weighted by Crippen LogP contribution is 2.27. The van der Waals surface area contributed by atoms with Crippen molar-refractivity contribution in [3.05, 3.63) is 48.0 Å². The Kier molecular flexibility index (Phi) is 3.43. The first kappa shape index (κ1) is 12.5. The average Bonchev–Trinajstić information content (AvgIpc) is 2.99. The fraction of sp³-hybridized carbons (Fsp3) is 0.312. The molecule has 1 heterocycles. The summed E-state index contributed by atoms with van der Waals surface area (Å²) in [6, 6.07) is 14.1. The Morgan fingerprint density at radius 3 is 2.47 bits per heavy atom. The second-order valence-electron chi connectivity index (χ2n) is 5.00. The molecule has 1 unspecified atom stereocenters. The van der Waals surface area contributed by atoms with E-state index in [-0.39, 0.29) is 5.91 Å². The standard InChI is InChI=1S/C16H16ClNO/c17-15(16(19)18-9-3-4-10-18)14-8-7-12-5-1-2-6-13(12)11-14/h1-2,5-8,11,15H,3-4,9-10H2. The van der Waals surface area contributed by atoms with Gasteiger partial charge in [-0.3, -0.25) is 4.79 Å². The number of alkyl halides is 1. The van der Waals surface area contributed by atoms with Crippen LogP contribution in [0, 0.1) is 0 Å². The average molecular weight is 274 g/mol. The first-order chi connectivity index (χ1) is 9.25. The molecule has 0 aromatic heterocycles. The molecule has 0 spiro atoms. The SMILES string of the molecule is O=C(C(Cl)c1ccc2ccccc2c1)N1CCCC1. The lowest BCUT2D eigenvalue weighted by molar-refractivity contribution is -0.129. The molecule has 0 N–H and O–H groups in total. The largest absolute Gasteiger partial charge is 0.341 e. The second kappa shape index (κ2) is 5.22. The van der Waals surface area contributed by atoms with E-state index in [2.05, 4.69) is 6.07 Å². The van der Waals surface area contributed by atoms with Gasteiger partial charge in [-0.05, 0) is 35.2 Å². The van der Waals surface area contributed by atoms with Crippen molar-refractivity contribution < 1.29 is 4.79 Å². The molecule has 1 atom stereocenters. The maximum atomic E-state index is 12.3. The smallest absolute Gasteiger partial charge is 0.245 e. The number of halogens is 1. The Hall–Kier alpha value is -1.54. The van der Waals surface area contributed by atoms with Crippen LogP contribution in [0.1, 0.15) is 23.8 Å². The number of benzene rings is 2. The van der Waals surface area contributed by atoms with Gasteiger partial charge in [-0.2, -0.15) is 0 Å². The van der Waals surface area contributed by atoms with Gasteiger partial charge in [0.15, 0.2) is 0 Å². The van der Waals surface area contributed by atoms with Crippen LogP contribution in [0.15, 0.2) is 42.5 Å². The maximum absolute atomic E-state index is 12.3.